The average molecular weight is 512 g/mol. The molecule has 6 nitrogen and oxygen atoms in total. The van der Waals surface area contributed by atoms with Gasteiger partial charge in [0.25, 0.3) is 0 Å². The van der Waals surface area contributed by atoms with Crippen molar-refractivity contribution in [1.82, 2.24) is 4.98 Å². The molecule has 1 N–H and O–H groups in total. The molecule has 3 aromatic carbocycles. The van der Waals surface area contributed by atoms with Gasteiger partial charge in [-0.15, -0.1) is 11.3 Å². The van der Waals surface area contributed by atoms with Gasteiger partial charge in [-0.25, -0.2) is 9.78 Å². The largest absolute Gasteiger partial charge is 0.493 e. The van der Waals surface area contributed by atoms with E-state index in [1.54, 1.807) is 48.7 Å². The highest BCUT2D eigenvalue weighted by molar-refractivity contribution is 7.14. The molecule has 0 aliphatic rings. The van der Waals surface area contributed by atoms with Crippen LogP contribution in [-0.2, 0) is 0 Å². The van der Waals surface area contributed by atoms with Gasteiger partial charge in [-0.3, -0.25) is 5.43 Å². The lowest BCUT2D eigenvalue weighted by Crippen LogP contribution is -2.09. The van der Waals surface area contributed by atoms with Crippen LogP contribution in [0.1, 0.15) is 21.5 Å². The summed E-state index contributed by atoms with van der Waals surface area (Å²) in [5, 5.41) is 7.82. The Morgan fingerprint density at radius 3 is 2.59 bits per heavy atom. The smallest absolute Gasteiger partial charge is 0.343 e. The number of carbonyl (C=O) groups excluding carboxylic acids is 1. The number of nitrogens with one attached hydrogen (secondary N) is 1. The first-order valence-electron chi connectivity index (χ1n) is 10.1. The third kappa shape index (κ3) is 5.75. The number of anilines is 1. The van der Waals surface area contributed by atoms with Gasteiger partial charge in [-0.1, -0.05) is 40.9 Å². The molecule has 0 bridgehead atoms. The highest BCUT2D eigenvalue weighted by Crippen LogP contribution is 2.32. The van der Waals surface area contributed by atoms with Crippen LogP contribution in [0.25, 0.3) is 11.3 Å². The zero-order chi connectivity index (χ0) is 24.1. The van der Waals surface area contributed by atoms with E-state index < -0.39 is 5.97 Å². The number of methoxy groups -OCH3 is 1. The molecule has 0 saturated heterocycles. The molecule has 4 aromatic rings. The number of nitrogens with zero attached hydrogens (tertiary/aromatic N) is 2. The number of hydrogen-bond acceptors (Lipinski definition) is 7. The van der Waals surface area contributed by atoms with Gasteiger partial charge in [0.05, 0.1) is 29.6 Å². The van der Waals surface area contributed by atoms with Crippen LogP contribution in [0.5, 0.6) is 11.5 Å². The number of aryl methyl sites for hydroxylation is 1. The molecular formula is C25H19Cl2N3O3S. The van der Waals surface area contributed by atoms with Gasteiger partial charge in [-0.05, 0) is 61.0 Å². The van der Waals surface area contributed by atoms with E-state index >= 15 is 0 Å². The summed E-state index contributed by atoms with van der Waals surface area (Å²) in [6, 6.07) is 17.6. The minimum atomic E-state index is -0.457. The minimum Gasteiger partial charge on any atom is -0.493 e. The maximum absolute atomic E-state index is 12.4. The van der Waals surface area contributed by atoms with Crippen molar-refractivity contribution >= 4 is 51.9 Å². The molecule has 1 aromatic heterocycles. The van der Waals surface area contributed by atoms with Crippen LogP contribution in [0.4, 0.5) is 5.13 Å². The molecule has 0 amide bonds. The molecule has 4 rings (SSSR count). The Kier molecular flexibility index (Phi) is 7.47. The summed E-state index contributed by atoms with van der Waals surface area (Å²) in [5.74, 6) is 0.280. The van der Waals surface area contributed by atoms with Gasteiger partial charge in [0.15, 0.2) is 11.5 Å². The fourth-order valence-electron chi connectivity index (χ4n) is 3.01. The van der Waals surface area contributed by atoms with E-state index in [1.165, 1.54) is 18.4 Å². The molecule has 0 spiro atoms. The number of benzene rings is 3. The first-order valence-corrected chi connectivity index (χ1v) is 11.7. The van der Waals surface area contributed by atoms with Gasteiger partial charge in [0.1, 0.15) is 0 Å². The van der Waals surface area contributed by atoms with Crippen LogP contribution in [0.3, 0.4) is 0 Å². The molecule has 0 aliphatic carbocycles. The number of esters is 1. The fraction of sp³-hybridized carbons (Fsp3) is 0.0800. The van der Waals surface area contributed by atoms with Crippen LogP contribution < -0.4 is 14.9 Å². The lowest BCUT2D eigenvalue weighted by Gasteiger charge is -2.10. The number of thiazole rings is 1. The van der Waals surface area contributed by atoms with Crippen LogP contribution in [0.15, 0.2) is 71.1 Å². The summed E-state index contributed by atoms with van der Waals surface area (Å²) in [6.45, 7) is 1.95. The standard InChI is InChI=1S/C25H19Cl2N3O3S/c1-15-3-6-17(7-4-15)24(31)33-22-10-5-16(11-23(22)32-2)13-28-30-25-29-21(14-34-25)19-9-8-18(26)12-20(19)27/h3-14H,1-2H3,(H,29,30)/b28-13-. The van der Waals surface area contributed by atoms with Gasteiger partial charge < -0.3 is 9.47 Å². The second-order valence-electron chi connectivity index (χ2n) is 7.20. The Balaban J connectivity index is 1.42. The lowest BCUT2D eigenvalue weighted by atomic mass is 10.1. The highest BCUT2D eigenvalue weighted by atomic mass is 35.5. The number of ether oxygens (including phenoxy) is 2. The molecular weight excluding hydrogens is 493 g/mol. The number of carbonyl (C=O) groups is 1. The average Bonchev–Trinajstić information content (AvgIpc) is 3.28. The SMILES string of the molecule is COc1cc(/C=N\Nc2nc(-c3ccc(Cl)cc3Cl)cs2)ccc1OC(=O)c1ccc(C)cc1. The first-order chi connectivity index (χ1) is 16.4. The van der Waals surface area contributed by atoms with E-state index in [0.29, 0.717) is 32.2 Å². The van der Waals surface area contributed by atoms with Crippen LogP contribution in [-0.4, -0.2) is 24.3 Å². The van der Waals surface area contributed by atoms with Crippen molar-refractivity contribution in [2.24, 2.45) is 5.10 Å². The quantitative estimate of drug-likeness (QED) is 0.124. The van der Waals surface area contributed by atoms with Crippen molar-refractivity contribution in [2.75, 3.05) is 12.5 Å². The Hall–Kier alpha value is -3.39. The second kappa shape index (κ2) is 10.7. The van der Waals surface area contributed by atoms with Gasteiger partial charge in [0, 0.05) is 16.0 Å². The maximum atomic E-state index is 12.4. The number of rotatable bonds is 7. The monoisotopic (exact) mass is 511 g/mol. The summed E-state index contributed by atoms with van der Waals surface area (Å²) < 4.78 is 10.9. The topological polar surface area (TPSA) is 72.8 Å². The Bertz CT molecular complexity index is 1350. The van der Waals surface area contributed by atoms with E-state index in [4.69, 9.17) is 32.7 Å². The molecule has 0 saturated carbocycles. The van der Waals surface area contributed by atoms with Crippen molar-refractivity contribution < 1.29 is 14.3 Å². The van der Waals surface area contributed by atoms with Crippen LogP contribution in [0.2, 0.25) is 10.0 Å². The van der Waals surface area contributed by atoms with Crippen molar-refractivity contribution in [3.05, 3.63) is 92.8 Å². The van der Waals surface area contributed by atoms with Crippen molar-refractivity contribution in [1.29, 1.82) is 0 Å². The zero-order valence-electron chi connectivity index (χ0n) is 18.2. The van der Waals surface area contributed by atoms with Gasteiger partial charge in [0.2, 0.25) is 5.13 Å². The van der Waals surface area contributed by atoms with E-state index in [0.717, 1.165) is 22.4 Å². The van der Waals surface area contributed by atoms with Crippen LogP contribution in [0, 0.1) is 6.92 Å². The lowest BCUT2D eigenvalue weighted by molar-refractivity contribution is 0.0729. The van der Waals surface area contributed by atoms with Gasteiger partial charge >= 0.3 is 5.97 Å². The molecule has 1 heterocycles. The summed E-state index contributed by atoms with van der Waals surface area (Å²) in [6.07, 6.45) is 1.62. The molecule has 172 valence electrons. The fourth-order valence-corrected chi connectivity index (χ4v) is 4.17. The van der Waals surface area contributed by atoms with Gasteiger partial charge in [-0.2, -0.15) is 5.10 Å². The molecule has 0 radical (unpaired) electrons. The Labute approximate surface area is 210 Å². The van der Waals surface area contributed by atoms with E-state index in [1.807, 2.05) is 30.5 Å². The summed E-state index contributed by atoms with van der Waals surface area (Å²) in [7, 11) is 1.51. The minimum absolute atomic E-state index is 0.322. The first kappa shape index (κ1) is 23.8. The molecule has 34 heavy (non-hydrogen) atoms. The number of hydrazone groups is 1. The molecule has 0 aliphatic heterocycles. The maximum Gasteiger partial charge on any atom is 0.343 e. The zero-order valence-corrected chi connectivity index (χ0v) is 20.5. The highest BCUT2D eigenvalue weighted by Gasteiger charge is 2.13. The number of aromatic nitrogens is 1. The third-order valence-electron chi connectivity index (χ3n) is 4.76. The number of halogens is 2. The molecule has 0 fully saturated rings. The second-order valence-corrected chi connectivity index (χ2v) is 8.90. The summed E-state index contributed by atoms with van der Waals surface area (Å²) in [5.41, 5.74) is 6.70. The predicted octanol–water partition coefficient (Wildman–Crippen LogP) is 7.10. The van der Waals surface area contributed by atoms with Crippen LogP contribution >= 0.6 is 34.5 Å². The summed E-state index contributed by atoms with van der Waals surface area (Å²) in [4.78, 5) is 16.9. The van der Waals surface area contributed by atoms with E-state index in [2.05, 4.69) is 15.5 Å². The van der Waals surface area contributed by atoms with Crippen molar-refractivity contribution in [3.8, 4) is 22.8 Å². The van der Waals surface area contributed by atoms with Crippen molar-refractivity contribution in [2.45, 2.75) is 6.92 Å². The molecule has 0 atom stereocenters. The summed E-state index contributed by atoms with van der Waals surface area (Å²) >= 11 is 13.6. The van der Waals surface area contributed by atoms with E-state index in [-0.39, 0.29) is 0 Å². The van der Waals surface area contributed by atoms with Crippen molar-refractivity contribution in [3.63, 3.8) is 0 Å². The Morgan fingerprint density at radius 1 is 1.06 bits per heavy atom. The Morgan fingerprint density at radius 2 is 1.85 bits per heavy atom. The van der Waals surface area contributed by atoms with E-state index in [9.17, 15) is 4.79 Å². The molecule has 9 heteroatoms. The number of hydrogen-bond donors (Lipinski definition) is 1. The molecule has 0 unspecified atom stereocenters. The normalized spacial score (nSPS) is 10.9. The third-order valence-corrected chi connectivity index (χ3v) is 6.06. The predicted molar refractivity (Wildman–Crippen MR) is 138 cm³/mol.